The van der Waals surface area contributed by atoms with E-state index in [0.717, 1.165) is 6.42 Å². The van der Waals surface area contributed by atoms with Crippen molar-refractivity contribution in [2.75, 3.05) is 13.2 Å². The number of nitro groups is 1. The maximum Gasteiger partial charge on any atom is 0.271 e. The van der Waals surface area contributed by atoms with E-state index in [4.69, 9.17) is 16.3 Å². The number of carbonyl (C=O) groups is 1. The number of rotatable bonds is 7. The molecule has 1 N–H and O–H groups in total. The zero-order valence-corrected chi connectivity index (χ0v) is 13.0. The summed E-state index contributed by atoms with van der Waals surface area (Å²) in [4.78, 5) is 22.9. The molecular formula is C14H13ClN2O4S. The molecule has 22 heavy (non-hydrogen) atoms. The van der Waals surface area contributed by atoms with E-state index in [0.29, 0.717) is 6.54 Å². The van der Waals surface area contributed by atoms with Crippen molar-refractivity contribution >= 4 is 34.5 Å². The van der Waals surface area contributed by atoms with Crippen LogP contribution in [0.1, 0.15) is 4.88 Å². The van der Waals surface area contributed by atoms with Gasteiger partial charge in [-0.05, 0) is 23.9 Å². The van der Waals surface area contributed by atoms with Gasteiger partial charge in [0.2, 0.25) is 0 Å². The maximum atomic E-state index is 11.6. The standard InChI is InChI=1S/C14H13ClN2O4S/c15-12-8-10(17(19)20)3-4-13(12)21-9-14(18)16-6-5-11-2-1-7-22-11/h1-4,7-8H,5-6,9H2,(H,16,18). The molecular weight excluding hydrogens is 328 g/mol. The maximum absolute atomic E-state index is 11.6. The quantitative estimate of drug-likeness (QED) is 0.620. The summed E-state index contributed by atoms with van der Waals surface area (Å²) in [5.74, 6) is -0.0355. The molecule has 0 unspecified atom stereocenters. The largest absolute Gasteiger partial charge is 0.482 e. The van der Waals surface area contributed by atoms with E-state index < -0.39 is 4.92 Å². The second-order valence-electron chi connectivity index (χ2n) is 4.34. The molecule has 0 atom stereocenters. The molecule has 0 spiro atoms. The van der Waals surface area contributed by atoms with Crippen molar-refractivity contribution < 1.29 is 14.5 Å². The van der Waals surface area contributed by atoms with E-state index in [1.807, 2.05) is 17.5 Å². The van der Waals surface area contributed by atoms with Gasteiger partial charge in [-0.1, -0.05) is 17.7 Å². The highest BCUT2D eigenvalue weighted by Gasteiger charge is 2.11. The fourth-order valence-electron chi connectivity index (χ4n) is 1.69. The number of non-ortho nitro benzene ring substituents is 1. The van der Waals surface area contributed by atoms with Crippen molar-refractivity contribution in [1.82, 2.24) is 5.32 Å². The summed E-state index contributed by atoms with van der Waals surface area (Å²) in [5, 5.41) is 15.4. The Labute approximate surface area is 135 Å². The molecule has 0 aliphatic rings. The molecule has 0 saturated carbocycles. The Hall–Kier alpha value is -2.12. The van der Waals surface area contributed by atoms with Crippen LogP contribution < -0.4 is 10.1 Å². The van der Waals surface area contributed by atoms with Gasteiger partial charge in [0.1, 0.15) is 5.75 Å². The summed E-state index contributed by atoms with van der Waals surface area (Å²) >= 11 is 7.50. The minimum absolute atomic E-state index is 0.0978. The Morgan fingerprint density at radius 1 is 1.41 bits per heavy atom. The highest BCUT2D eigenvalue weighted by atomic mass is 35.5. The van der Waals surface area contributed by atoms with Gasteiger partial charge < -0.3 is 10.1 Å². The second-order valence-corrected chi connectivity index (χ2v) is 5.78. The number of ether oxygens (including phenoxy) is 1. The van der Waals surface area contributed by atoms with E-state index in [9.17, 15) is 14.9 Å². The van der Waals surface area contributed by atoms with Crippen LogP contribution >= 0.6 is 22.9 Å². The van der Waals surface area contributed by atoms with Crippen molar-refractivity contribution in [1.29, 1.82) is 0 Å². The minimum atomic E-state index is -0.549. The van der Waals surface area contributed by atoms with Crippen LogP contribution in [0.15, 0.2) is 35.7 Å². The monoisotopic (exact) mass is 340 g/mol. The first kappa shape index (κ1) is 16.3. The molecule has 116 valence electrons. The van der Waals surface area contributed by atoms with E-state index in [1.54, 1.807) is 11.3 Å². The van der Waals surface area contributed by atoms with Gasteiger partial charge in [0.25, 0.3) is 11.6 Å². The Bertz CT molecular complexity index is 661. The predicted molar refractivity (Wildman–Crippen MR) is 84.6 cm³/mol. The Balaban J connectivity index is 1.77. The third-order valence-electron chi connectivity index (χ3n) is 2.76. The van der Waals surface area contributed by atoms with Gasteiger partial charge in [0.15, 0.2) is 6.61 Å². The van der Waals surface area contributed by atoms with Crippen LogP contribution in [0.2, 0.25) is 5.02 Å². The van der Waals surface area contributed by atoms with E-state index in [2.05, 4.69) is 5.32 Å². The van der Waals surface area contributed by atoms with Gasteiger partial charge in [-0.2, -0.15) is 0 Å². The van der Waals surface area contributed by atoms with E-state index >= 15 is 0 Å². The molecule has 8 heteroatoms. The Morgan fingerprint density at radius 2 is 2.23 bits per heavy atom. The van der Waals surface area contributed by atoms with Crippen molar-refractivity contribution in [3.63, 3.8) is 0 Å². The van der Waals surface area contributed by atoms with Gasteiger partial charge >= 0.3 is 0 Å². The average Bonchev–Trinajstić information content (AvgIpc) is 2.99. The topological polar surface area (TPSA) is 81.5 Å². The van der Waals surface area contributed by atoms with Gasteiger partial charge in [-0.3, -0.25) is 14.9 Å². The fourth-order valence-corrected chi connectivity index (χ4v) is 2.63. The number of nitrogens with one attached hydrogen (secondary N) is 1. The lowest BCUT2D eigenvalue weighted by molar-refractivity contribution is -0.384. The summed E-state index contributed by atoms with van der Waals surface area (Å²) in [6.45, 7) is 0.332. The summed E-state index contributed by atoms with van der Waals surface area (Å²) < 4.78 is 5.26. The summed E-state index contributed by atoms with van der Waals surface area (Å²) in [7, 11) is 0. The predicted octanol–water partition coefficient (Wildman–Crippen LogP) is 3.05. The lowest BCUT2D eigenvalue weighted by Crippen LogP contribution is -2.30. The van der Waals surface area contributed by atoms with Crippen molar-refractivity contribution in [2.24, 2.45) is 0 Å². The van der Waals surface area contributed by atoms with Crippen LogP contribution in [-0.2, 0) is 11.2 Å². The number of halogens is 1. The molecule has 1 amide bonds. The molecule has 2 rings (SSSR count). The van der Waals surface area contributed by atoms with Gasteiger partial charge in [-0.15, -0.1) is 11.3 Å². The van der Waals surface area contributed by atoms with Gasteiger partial charge in [0, 0.05) is 23.6 Å². The van der Waals surface area contributed by atoms with Gasteiger partial charge in [0.05, 0.1) is 9.95 Å². The van der Waals surface area contributed by atoms with Crippen LogP contribution in [0.4, 0.5) is 5.69 Å². The zero-order chi connectivity index (χ0) is 15.9. The number of nitrogens with zero attached hydrogens (tertiary/aromatic N) is 1. The molecule has 0 aliphatic heterocycles. The molecule has 0 fully saturated rings. The summed E-state index contributed by atoms with van der Waals surface area (Å²) in [5.41, 5.74) is -0.127. The van der Waals surface area contributed by atoms with E-state index in [-0.39, 0.29) is 29.0 Å². The number of thiophene rings is 1. The lowest BCUT2D eigenvalue weighted by atomic mass is 10.3. The van der Waals surface area contributed by atoms with Crippen molar-refractivity contribution in [3.8, 4) is 5.75 Å². The summed E-state index contributed by atoms with van der Waals surface area (Å²) in [6, 6.07) is 7.80. The third-order valence-corrected chi connectivity index (χ3v) is 3.99. The van der Waals surface area contributed by atoms with Crippen LogP contribution in [-0.4, -0.2) is 24.0 Å². The first-order chi connectivity index (χ1) is 10.6. The number of hydrogen-bond donors (Lipinski definition) is 1. The number of hydrogen-bond acceptors (Lipinski definition) is 5. The highest BCUT2D eigenvalue weighted by Crippen LogP contribution is 2.28. The molecule has 0 bridgehead atoms. The third kappa shape index (κ3) is 4.71. The molecule has 0 saturated heterocycles. The highest BCUT2D eigenvalue weighted by molar-refractivity contribution is 7.09. The number of carbonyl (C=O) groups excluding carboxylic acids is 1. The zero-order valence-electron chi connectivity index (χ0n) is 11.5. The average molecular weight is 341 g/mol. The van der Waals surface area contributed by atoms with Gasteiger partial charge in [-0.25, -0.2) is 0 Å². The smallest absolute Gasteiger partial charge is 0.271 e. The molecule has 1 aromatic heterocycles. The Kier molecular flexibility index (Phi) is 5.74. The molecule has 2 aromatic rings. The van der Waals surface area contributed by atoms with Crippen LogP contribution in [0, 0.1) is 10.1 Å². The first-order valence-electron chi connectivity index (χ1n) is 6.42. The number of benzene rings is 1. The SMILES string of the molecule is O=C(COc1ccc([N+](=O)[O-])cc1Cl)NCCc1cccs1. The molecule has 0 radical (unpaired) electrons. The molecule has 1 aromatic carbocycles. The van der Waals surface area contributed by atoms with Crippen molar-refractivity contribution in [3.05, 3.63) is 55.7 Å². The minimum Gasteiger partial charge on any atom is -0.482 e. The number of nitro benzene ring substituents is 1. The summed E-state index contributed by atoms with van der Waals surface area (Å²) in [6.07, 6.45) is 0.766. The van der Waals surface area contributed by atoms with Crippen molar-refractivity contribution in [2.45, 2.75) is 6.42 Å². The van der Waals surface area contributed by atoms with Crippen LogP contribution in [0.5, 0.6) is 5.75 Å². The lowest BCUT2D eigenvalue weighted by Gasteiger charge is -2.08. The Morgan fingerprint density at radius 3 is 2.86 bits per heavy atom. The molecule has 6 nitrogen and oxygen atoms in total. The second kappa shape index (κ2) is 7.77. The molecule has 0 aliphatic carbocycles. The normalized spacial score (nSPS) is 10.2. The van der Waals surface area contributed by atoms with E-state index in [1.165, 1.54) is 23.1 Å². The van der Waals surface area contributed by atoms with Crippen LogP contribution in [0.25, 0.3) is 0 Å². The first-order valence-corrected chi connectivity index (χ1v) is 7.68. The fraction of sp³-hybridized carbons (Fsp3) is 0.214. The molecule has 1 heterocycles. The van der Waals surface area contributed by atoms with Crippen LogP contribution in [0.3, 0.4) is 0 Å². The number of amides is 1.